The number of carbonyl (C=O) groups is 2. The Morgan fingerprint density at radius 2 is 1.83 bits per heavy atom. The molecule has 0 saturated heterocycles. The number of ketones is 1. The van der Waals surface area contributed by atoms with Crippen LogP contribution >= 0.6 is 11.3 Å². The fourth-order valence-electron chi connectivity index (χ4n) is 2.95. The molecule has 0 spiro atoms. The van der Waals surface area contributed by atoms with Crippen LogP contribution in [-0.2, 0) is 4.79 Å². The topological polar surface area (TPSA) is 59.5 Å². The number of aromatic nitrogens is 1. The van der Waals surface area contributed by atoms with Gasteiger partial charge in [0.15, 0.2) is 5.78 Å². The smallest absolute Gasteiger partial charge is 0.223 e. The second kappa shape index (κ2) is 9.65. The average Bonchev–Trinajstić information content (AvgIpc) is 3.19. The van der Waals surface area contributed by atoms with Crippen LogP contribution in [0.2, 0.25) is 0 Å². The molecule has 152 valence electrons. The van der Waals surface area contributed by atoms with E-state index in [0.29, 0.717) is 12.2 Å². The summed E-state index contributed by atoms with van der Waals surface area (Å²) in [5.41, 5.74) is 1.55. The summed E-state index contributed by atoms with van der Waals surface area (Å²) in [6, 6.07) is 14.9. The Bertz CT molecular complexity index is 948. The summed E-state index contributed by atoms with van der Waals surface area (Å²) in [5, 5.41) is 0.899. The van der Waals surface area contributed by atoms with Crippen LogP contribution in [0, 0.1) is 0 Å². The molecule has 0 fully saturated rings. The number of thiazole rings is 1. The van der Waals surface area contributed by atoms with Crippen molar-refractivity contribution in [3.8, 4) is 5.75 Å². The fourth-order valence-corrected chi connectivity index (χ4v) is 4.01. The zero-order chi connectivity index (χ0) is 20.8. The summed E-state index contributed by atoms with van der Waals surface area (Å²) in [4.78, 5) is 31.4. The van der Waals surface area contributed by atoms with Gasteiger partial charge in [-0.15, -0.1) is 11.3 Å². The molecule has 0 aliphatic rings. The Labute approximate surface area is 175 Å². The van der Waals surface area contributed by atoms with Crippen molar-refractivity contribution in [3.05, 3.63) is 59.1 Å². The highest BCUT2D eigenvalue weighted by molar-refractivity contribution is 7.18. The van der Waals surface area contributed by atoms with Crippen molar-refractivity contribution in [1.82, 2.24) is 9.88 Å². The molecule has 0 unspecified atom stereocenters. The number of fused-ring (bicyclic) bond motifs is 1. The maximum absolute atomic E-state index is 12.6. The predicted molar refractivity (Wildman–Crippen MR) is 117 cm³/mol. The van der Waals surface area contributed by atoms with Gasteiger partial charge >= 0.3 is 0 Å². The van der Waals surface area contributed by atoms with E-state index in [1.807, 2.05) is 38.1 Å². The van der Waals surface area contributed by atoms with Crippen LogP contribution in [0.15, 0.2) is 48.5 Å². The summed E-state index contributed by atoms with van der Waals surface area (Å²) < 4.78 is 6.64. The van der Waals surface area contributed by atoms with E-state index in [-0.39, 0.29) is 30.6 Å². The van der Waals surface area contributed by atoms with Crippen molar-refractivity contribution >= 4 is 33.2 Å². The summed E-state index contributed by atoms with van der Waals surface area (Å²) >= 11 is 1.60. The summed E-state index contributed by atoms with van der Waals surface area (Å²) in [6.45, 7) is 4.66. The molecule has 0 N–H and O–H groups in total. The first-order chi connectivity index (χ1) is 14.0. The number of carbonyl (C=O) groups excluding carboxylic acids is 2. The largest absolute Gasteiger partial charge is 0.494 e. The van der Waals surface area contributed by atoms with E-state index in [9.17, 15) is 9.59 Å². The van der Waals surface area contributed by atoms with Crippen LogP contribution in [-0.4, -0.2) is 35.2 Å². The van der Waals surface area contributed by atoms with Crippen molar-refractivity contribution in [1.29, 1.82) is 0 Å². The highest BCUT2D eigenvalue weighted by Gasteiger charge is 2.21. The minimum absolute atomic E-state index is 0.0403. The molecule has 3 rings (SSSR count). The van der Waals surface area contributed by atoms with Gasteiger partial charge in [0.1, 0.15) is 10.8 Å². The maximum Gasteiger partial charge on any atom is 0.223 e. The number of hydrogen-bond donors (Lipinski definition) is 0. The lowest BCUT2D eigenvalue weighted by molar-refractivity contribution is -0.131. The van der Waals surface area contributed by atoms with E-state index in [2.05, 4.69) is 4.98 Å². The third kappa shape index (κ3) is 5.21. The molecule has 1 atom stereocenters. The van der Waals surface area contributed by atoms with Gasteiger partial charge in [-0.25, -0.2) is 4.98 Å². The molecule has 0 saturated carbocycles. The van der Waals surface area contributed by atoms with Gasteiger partial charge in [-0.05, 0) is 49.7 Å². The van der Waals surface area contributed by atoms with Crippen molar-refractivity contribution in [2.24, 2.45) is 0 Å². The number of rotatable bonds is 9. The van der Waals surface area contributed by atoms with Gasteiger partial charge in [-0.1, -0.05) is 19.1 Å². The zero-order valence-corrected chi connectivity index (χ0v) is 17.9. The number of benzene rings is 2. The van der Waals surface area contributed by atoms with Crippen molar-refractivity contribution in [3.63, 3.8) is 0 Å². The highest BCUT2D eigenvalue weighted by atomic mass is 32.1. The molecule has 0 bridgehead atoms. The van der Waals surface area contributed by atoms with Gasteiger partial charge < -0.3 is 9.64 Å². The van der Waals surface area contributed by atoms with Crippen LogP contribution in [0.25, 0.3) is 10.2 Å². The first-order valence-electron chi connectivity index (χ1n) is 9.86. The van der Waals surface area contributed by atoms with Crippen LogP contribution in [0.1, 0.15) is 54.5 Å². The van der Waals surface area contributed by atoms with Gasteiger partial charge in [0, 0.05) is 25.5 Å². The molecule has 1 aromatic heterocycles. The van der Waals surface area contributed by atoms with Gasteiger partial charge in [0.05, 0.1) is 22.9 Å². The van der Waals surface area contributed by atoms with Gasteiger partial charge in [0.25, 0.3) is 0 Å². The second-order valence-electron chi connectivity index (χ2n) is 7.00. The van der Waals surface area contributed by atoms with E-state index in [0.717, 1.165) is 27.4 Å². The number of ether oxygens (including phenoxy) is 1. The van der Waals surface area contributed by atoms with Gasteiger partial charge in [0.2, 0.25) is 5.91 Å². The van der Waals surface area contributed by atoms with E-state index in [1.54, 1.807) is 47.5 Å². The molecule has 0 radical (unpaired) electrons. The van der Waals surface area contributed by atoms with Gasteiger partial charge in [-0.3, -0.25) is 9.59 Å². The molecule has 6 heteroatoms. The molecule has 5 nitrogen and oxygen atoms in total. The Hall–Kier alpha value is -2.73. The Kier molecular flexibility index (Phi) is 6.99. The summed E-state index contributed by atoms with van der Waals surface area (Å²) in [5.74, 6) is 0.651. The standard InChI is InChI=1S/C23H26N2O3S/c1-4-15-28-18-11-9-17(10-12-18)20(26)13-14-22(27)25(3)16(2)23-24-19-7-5-6-8-21(19)29-23/h5-12,16H,4,13-15H2,1-3H3/t16-/m1/s1. The minimum atomic E-state index is -0.134. The van der Waals surface area contributed by atoms with Crippen LogP contribution < -0.4 is 4.74 Å². The van der Waals surface area contributed by atoms with Crippen LogP contribution in [0.4, 0.5) is 0 Å². The van der Waals surface area contributed by atoms with Gasteiger partial charge in [-0.2, -0.15) is 0 Å². The molecule has 2 aromatic carbocycles. The maximum atomic E-state index is 12.6. The first-order valence-corrected chi connectivity index (χ1v) is 10.7. The van der Waals surface area contributed by atoms with Crippen molar-refractivity contribution in [2.45, 2.75) is 39.2 Å². The SMILES string of the molecule is CCCOc1ccc(C(=O)CCC(=O)N(C)[C@H](C)c2nc3ccccc3s2)cc1. The second-order valence-corrected chi connectivity index (χ2v) is 8.06. The number of amides is 1. The molecule has 1 heterocycles. The van der Waals surface area contributed by atoms with E-state index in [4.69, 9.17) is 4.74 Å². The average molecular weight is 411 g/mol. The zero-order valence-electron chi connectivity index (χ0n) is 17.1. The van der Waals surface area contributed by atoms with E-state index in [1.165, 1.54) is 0 Å². The third-order valence-corrected chi connectivity index (χ3v) is 6.06. The van der Waals surface area contributed by atoms with E-state index >= 15 is 0 Å². The van der Waals surface area contributed by atoms with Crippen LogP contribution in [0.3, 0.4) is 0 Å². The number of hydrogen-bond acceptors (Lipinski definition) is 5. The van der Waals surface area contributed by atoms with Crippen molar-refractivity contribution in [2.75, 3.05) is 13.7 Å². The highest BCUT2D eigenvalue weighted by Crippen LogP contribution is 2.29. The molecule has 0 aliphatic heterocycles. The summed E-state index contributed by atoms with van der Waals surface area (Å²) in [7, 11) is 1.77. The number of nitrogens with zero attached hydrogens (tertiary/aromatic N) is 2. The van der Waals surface area contributed by atoms with Crippen LogP contribution in [0.5, 0.6) is 5.75 Å². The summed E-state index contributed by atoms with van der Waals surface area (Å²) in [6.07, 6.45) is 1.30. The quantitative estimate of drug-likeness (QED) is 0.451. The molecule has 29 heavy (non-hydrogen) atoms. The lowest BCUT2D eigenvalue weighted by Crippen LogP contribution is -2.29. The predicted octanol–water partition coefficient (Wildman–Crippen LogP) is 5.27. The molecule has 3 aromatic rings. The minimum Gasteiger partial charge on any atom is -0.494 e. The Balaban J connectivity index is 1.55. The lowest BCUT2D eigenvalue weighted by Gasteiger charge is -2.23. The fraction of sp³-hybridized carbons (Fsp3) is 0.348. The van der Waals surface area contributed by atoms with E-state index < -0.39 is 0 Å². The first kappa shape index (κ1) is 21.0. The molecule has 0 aliphatic carbocycles. The Morgan fingerprint density at radius 1 is 1.10 bits per heavy atom. The molecular weight excluding hydrogens is 384 g/mol. The van der Waals surface area contributed by atoms with Crippen molar-refractivity contribution < 1.29 is 14.3 Å². The normalized spacial score (nSPS) is 12.0. The Morgan fingerprint density at radius 3 is 2.52 bits per heavy atom. The number of para-hydroxylation sites is 1. The number of Topliss-reactive ketones (excluding diaryl/α,β-unsaturated/α-hetero) is 1. The molecule has 1 amide bonds. The third-order valence-electron chi connectivity index (χ3n) is 4.86. The lowest BCUT2D eigenvalue weighted by atomic mass is 10.1. The monoisotopic (exact) mass is 410 g/mol. The molecular formula is C23H26N2O3S.